The number of nitrogens with one attached hydrogen (secondary N) is 1. The number of rotatable bonds is 5. The zero-order valence-electron chi connectivity index (χ0n) is 14.2. The number of benzene rings is 2. The lowest BCUT2D eigenvalue weighted by Gasteiger charge is -2.14. The second-order valence-corrected chi connectivity index (χ2v) is 6.59. The van der Waals surface area contributed by atoms with E-state index in [1.165, 1.54) is 11.1 Å². The van der Waals surface area contributed by atoms with Crippen LogP contribution in [0.5, 0.6) is 17.2 Å². The molecule has 2 aliphatic rings. The highest BCUT2D eigenvalue weighted by Crippen LogP contribution is 2.35. The summed E-state index contributed by atoms with van der Waals surface area (Å²) in [6.45, 7) is 3.65. The molecule has 0 saturated heterocycles. The van der Waals surface area contributed by atoms with Gasteiger partial charge in [0.05, 0.1) is 7.11 Å². The molecule has 2 aromatic carbocycles. The summed E-state index contributed by atoms with van der Waals surface area (Å²) in [7, 11) is 1.72. The molecule has 126 valence electrons. The van der Waals surface area contributed by atoms with Gasteiger partial charge in [0.1, 0.15) is 29.5 Å². The van der Waals surface area contributed by atoms with Crippen LogP contribution in [0.2, 0.25) is 0 Å². The summed E-state index contributed by atoms with van der Waals surface area (Å²) in [6.07, 6.45) is 2.36. The van der Waals surface area contributed by atoms with Crippen LogP contribution in [0.1, 0.15) is 23.6 Å². The molecule has 0 fully saturated rings. The topological polar surface area (TPSA) is 39.7 Å². The largest absolute Gasteiger partial charge is 0.496 e. The summed E-state index contributed by atoms with van der Waals surface area (Å²) in [5, 5.41) is 3.50. The molecular weight excluding hydrogens is 302 g/mol. The molecule has 4 heteroatoms. The molecule has 1 N–H and O–H groups in total. The van der Waals surface area contributed by atoms with Gasteiger partial charge < -0.3 is 19.5 Å². The quantitative estimate of drug-likeness (QED) is 0.917. The SMILES string of the molecule is COc1cc2c(cc1CNC[C@@H]1Cc3ccccc3O1)O[C@H](C)C2. The molecular formula is C20H23NO3. The lowest BCUT2D eigenvalue weighted by molar-refractivity contribution is 0.227. The van der Waals surface area contributed by atoms with Gasteiger partial charge in [0.25, 0.3) is 0 Å². The molecule has 0 aromatic heterocycles. The molecule has 4 rings (SSSR count). The summed E-state index contributed by atoms with van der Waals surface area (Å²) in [4.78, 5) is 0. The molecule has 0 unspecified atom stereocenters. The highest BCUT2D eigenvalue weighted by Gasteiger charge is 2.23. The van der Waals surface area contributed by atoms with Crippen molar-refractivity contribution >= 4 is 0 Å². The predicted octanol–water partition coefficient (Wildman–Crippen LogP) is 3.11. The van der Waals surface area contributed by atoms with Crippen LogP contribution in [0, 0.1) is 0 Å². The van der Waals surface area contributed by atoms with Crippen molar-refractivity contribution in [3.63, 3.8) is 0 Å². The van der Waals surface area contributed by atoms with Crippen molar-refractivity contribution in [2.75, 3.05) is 13.7 Å². The van der Waals surface area contributed by atoms with Gasteiger partial charge in [-0.2, -0.15) is 0 Å². The van der Waals surface area contributed by atoms with Crippen LogP contribution in [0.25, 0.3) is 0 Å². The van der Waals surface area contributed by atoms with Gasteiger partial charge in [-0.15, -0.1) is 0 Å². The smallest absolute Gasteiger partial charge is 0.123 e. The van der Waals surface area contributed by atoms with Gasteiger partial charge in [-0.05, 0) is 30.7 Å². The Balaban J connectivity index is 1.38. The van der Waals surface area contributed by atoms with E-state index >= 15 is 0 Å². The van der Waals surface area contributed by atoms with Crippen LogP contribution in [0.4, 0.5) is 0 Å². The second-order valence-electron chi connectivity index (χ2n) is 6.59. The van der Waals surface area contributed by atoms with E-state index in [1.54, 1.807) is 7.11 Å². The number of hydrogen-bond donors (Lipinski definition) is 1. The maximum Gasteiger partial charge on any atom is 0.123 e. The molecule has 0 spiro atoms. The minimum atomic E-state index is 0.194. The summed E-state index contributed by atoms with van der Waals surface area (Å²) < 4.78 is 17.4. The Bertz CT molecular complexity index is 719. The van der Waals surface area contributed by atoms with Crippen LogP contribution in [0.15, 0.2) is 36.4 Å². The van der Waals surface area contributed by atoms with E-state index in [-0.39, 0.29) is 12.2 Å². The predicted molar refractivity (Wildman–Crippen MR) is 93.1 cm³/mol. The van der Waals surface area contributed by atoms with Crippen LogP contribution in [-0.2, 0) is 19.4 Å². The first-order valence-electron chi connectivity index (χ1n) is 8.54. The van der Waals surface area contributed by atoms with Crippen molar-refractivity contribution in [2.24, 2.45) is 0 Å². The van der Waals surface area contributed by atoms with Crippen molar-refractivity contribution in [1.82, 2.24) is 5.32 Å². The molecule has 0 bridgehead atoms. The molecule has 0 aliphatic carbocycles. The first kappa shape index (κ1) is 15.3. The van der Waals surface area contributed by atoms with Gasteiger partial charge >= 0.3 is 0 Å². The fourth-order valence-electron chi connectivity index (χ4n) is 3.55. The van der Waals surface area contributed by atoms with Gasteiger partial charge in [0, 0.05) is 37.1 Å². The van der Waals surface area contributed by atoms with E-state index < -0.39 is 0 Å². The fourth-order valence-corrected chi connectivity index (χ4v) is 3.55. The van der Waals surface area contributed by atoms with Crippen LogP contribution in [0.3, 0.4) is 0 Å². The molecule has 2 atom stereocenters. The Hall–Kier alpha value is -2.20. The van der Waals surface area contributed by atoms with Crippen molar-refractivity contribution < 1.29 is 14.2 Å². The monoisotopic (exact) mass is 325 g/mol. The molecule has 4 nitrogen and oxygen atoms in total. The molecule has 0 amide bonds. The Labute approximate surface area is 142 Å². The fraction of sp³-hybridized carbons (Fsp3) is 0.400. The van der Waals surface area contributed by atoms with Crippen LogP contribution in [-0.4, -0.2) is 25.9 Å². The van der Waals surface area contributed by atoms with Gasteiger partial charge in [0.2, 0.25) is 0 Å². The molecule has 2 aliphatic heterocycles. The zero-order chi connectivity index (χ0) is 16.5. The average Bonchev–Trinajstić information content (AvgIpc) is 3.15. The Morgan fingerprint density at radius 3 is 2.79 bits per heavy atom. The highest BCUT2D eigenvalue weighted by molar-refractivity contribution is 5.48. The van der Waals surface area contributed by atoms with Crippen LogP contribution >= 0.6 is 0 Å². The maximum absolute atomic E-state index is 5.97. The summed E-state index contributed by atoms with van der Waals surface area (Å²) in [5.41, 5.74) is 3.65. The third kappa shape index (κ3) is 2.94. The van der Waals surface area contributed by atoms with E-state index in [0.717, 1.165) is 48.7 Å². The lowest BCUT2D eigenvalue weighted by atomic mass is 10.1. The third-order valence-corrected chi connectivity index (χ3v) is 4.70. The zero-order valence-corrected chi connectivity index (χ0v) is 14.2. The summed E-state index contributed by atoms with van der Waals surface area (Å²) >= 11 is 0. The van der Waals surface area contributed by atoms with Crippen molar-refractivity contribution in [1.29, 1.82) is 0 Å². The first-order valence-corrected chi connectivity index (χ1v) is 8.54. The van der Waals surface area contributed by atoms with Gasteiger partial charge in [-0.25, -0.2) is 0 Å². The van der Waals surface area contributed by atoms with Crippen molar-refractivity contribution in [2.45, 2.75) is 38.5 Å². The summed E-state index contributed by atoms with van der Waals surface area (Å²) in [6, 6.07) is 12.5. The molecule has 0 radical (unpaired) electrons. The number of methoxy groups -OCH3 is 1. The molecule has 0 saturated carbocycles. The number of ether oxygens (including phenoxy) is 3. The molecule has 2 heterocycles. The van der Waals surface area contributed by atoms with E-state index in [4.69, 9.17) is 14.2 Å². The molecule has 2 aromatic rings. The number of para-hydroxylation sites is 1. The van der Waals surface area contributed by atoms with E-state index in [9.17, 15) is 0 Å². The minimum Gasteiger partial charge on any atom is -0.496 e. The van der Waals surface area contributed by atoms with Crippen LogP contribution < -0.4 is 19.5 Å². The Morgan fingerprint density at radius 2 is 1.96 bits per heavy atom. The maximum atomic E-state index is 5.97. The van der Waals surface area contributed by atoms with Gasteiger partial charge in [-0.3, -0.25) is 0 Å². The molecule has 24 heavy (non-hydrogen) atoms. The van der Waals surface area contributed by atoms with Gasteiger partial charge in [0.15, 0.2) is 0 Å². The first-order chi connectivity index (χ1) is 11.7. The van der Waals surface area contributed by atoms with E-state index in [2.05, 4.69) is 36.5 Å². The van der Waals surface area contributed by atoms with Gasteiger partial charge in [-0.1, -0.05) is 18.2 Å². The Kier molecular flexibility index (Phi) is 4.07. The normalized spacial score (nSPS) is 20.9. The Morgan fingerprint density at radius 1 is 1.08 bits per heavy atom. The second kappa shape index (κ2) is 6.36. The highest BCUT2D eigenvalue weighted by atomic mass is 16.5. The van der Waals surface area contributed by atoms with E-state index in [0.29, 0.717) is 0 Å². The number of hydrogen-bond acceptors (Lipinski definition) is 4. The average molecular weight is 325 g/mol. The number of fused-ring (bicyclic) bond motifs is 2. The van der Waals surface area contributed by atoms with Crippen molar-refractivity contribution in [3.05, 3.63) is 53.1 Å². The lowest BCUT2D eigenvalue weighted by Crippen LogP contribution is -2.29. The van der Waals surface area contributed by atoms with E-state index in [1.807, 2.05) is 12.1 Å². The standard InChI is InChI=1S/C20H23NO3/c1-13-7-15-9-19(22-2)16(10-20(15)23-13)11-21-12-17-8-14-5-3-4-6-18(14)24-17/h3-6,9-10,13,17,21H,7-8,11-12H2,1-2H3/t13-,17+/m1/s1. The minimum absolute atomic E-state index is 0.194. The van der Waals surface area contributed by atoms with Crippen molar-refractivity contribution in [3.8, 4) is 17.2 Å². The summed E-state index contributed by atoms with van der Waals surface area (Å²) in [5.74, 6) is 2.93. The third-order valence-electron chi connectivity index (χ3n) is 4.70.